The molecule has 1 aromatic carbocycles. The molecule has 0 spiro atoms. The lowest BCUT2D eigenvalue weighted by molar-refractivity contribution is -0.129. The molecule has 1 aliphatic heterocycles. The minimum atomic E-state index is -0.819. The molecule has 6 nitrogen and oxygen atoms in total. The maximum Gasteiger partial charge on any atom is 0.242 e. The highest BCUT2D eigenvalue weighted by Crippen LogP contribution is 2.09. The molecule has 2 atom stereocenters. The molecule has 0 aromatic heterocycles. The number of hydrogen-bond acceptors (Lipinski definition) is 3. The molecule has 2 rings (SSSR count). The van der Waals surface area contributed by atoms with Gasteiger partial charge in [0.05, 0.1) is 6.42 Å². The van der Waals surface area contributed by atoms with Gasteiger partial charge in [0.25, 0.3) is 0 Å². The molecule has 130 valence electrons. The van der Waals surface area contributed by atoms with Crippen LogP contribution >= 0.6 is 0 Å². The van der Waals surface area contributed by atoms with Crippen LogP contribution in [0, 0.1) is 11.6 Å². The average Bonchev–Trinajstić information content (AvgIpc) is 2.45. The Balaban J connectivity index is 1.84. The Morgan fingerprint density at radius 3 is 2.58 bits per heavy atom. The van der Waals surface area contributed by atoms with Gasteiger partial charge in [0.1, 0.15) is 17.7 Å². The summed E-state index contributed by atoms with van der Waals surface area (Å²) in [4.78, 5) is 35.2. The zero-order valence-electron chi connectivity index (χ0n) is 13.2. The first-order chi connectivity index (χ1) is 11.3. The highest BCUT2D eigenvalue weighted by Gasteiger charge is 2.23. The molecule has 1 aromatic rings. The number of hydrogen-bond donors (Lipinski definition) is 3. The van der Waals surface area contributed by atoms with Crippen molar-refractivity contribution in [3.8, 4) is 0 Å². The van der Waals surface area contributed by atoms with Gasteiger partial charge in [0.2, 0.25) is 17.7 Å². The number of nitrogens with one attached hydrogen (secondary N) is 3. The standard InChI is InChI=1S/C16H19F2N3O3/c1-9(16(24)21-13-2-3-19-14(22)8-13)20-15(23)6-10-4-11(17)7-12(18)5-10/h4-5,7,9,13H,2-3,6,8H2,1H3,(H,19,22)(H,20,23)(H,21,24)/t9-,13?/m0/s1. The van der Waals surface area contributed by atoms with Gasteiger partial charge < -0.3 is 16.0 Å². The van der Waals surface area contributed by atoms with Gasteiger partial charge in [-0.3, -0.25) is 14.4 Å². The second-order valence-corrected chi connectivity index (χ2v) is 5.79. The van der Waals surface area contributed by atoms with Crippen molar-refractivity contribution in [1.82, 2.24) is 16.0 Å². The lowest BCUT2D eigenvalue weighted by Gasteiger charge is -2.24. The van der Waals surface area contributed by atoms with Gasteiger partial charge in [-0.15, -0.1) is 0 Å². The number of benzene rings is 1. The molecule has 0 aliphatic carbocycles. The van der Waals surface area contributed by atoms with Crippen molar-refractivity contribution < 1.29 is 23.2 Å². The molecule has 1 unspecified atom stereocenters. The zero-order chi connectivity index (χ0) is 17.7. The Morgan fingerprint density at radius 1 is 1.29 bits per heavy atom. The molecule has 3 amide bonds. The third-order valence-electron chi connectivity index (χ3n) is 3.65. The Kier molecular flexibility index (Phi) is 5.83. The highest BCUT2D eigenvalue weighted by molar-refractivity contribution is 5.88. The molecular weight excluding hydrogens is 320 g/mol. The molecule has 3 N–H and O–H groups in total. The van der Waals surface area contributed by atoms with Crippen molar-refractivity contribution in [2.45, 2.75) is 38.3 Å². The van der Waals surface area contributed by atoms with E-state index in [-0.39, 0.29) is 30.4 Å². The van der Waals surface area contributed by atoms with Crippen LogP contribution in [0.5, 0.6) is 0 Å². The SMILES string of the molecule is C[C@H](NC(=O)Cc1cc(F)cc(F)c1)C(=O)NC1CCNC(=O)C1. The third kappa shape index (κ3) is 5.29. The molecule has 8 heteroatoms. The first-order valence-electron chi connectivity index (χ1n) is 7.65. The summed E-state index contributed by atoms with van der Waals surface area (Å²) >= 11 is 0. The minimum absolute atomic E-state index is 0.128. The van der Waals surface area contributed by atoms with E-state index in [0.29, 0.717) is 13.0 Å². The van der Waals surface area contributed by atoms with Gasteiger partial charge in [-0.25, -0.2) is 8.78 Å². The van der Waals surface area contributed by atoms with E-state index >= 15 is 0 Å². The van der Waals surface area contributed by atoms with Crippen LogP contribution in [0.25, 0.3) is 0 Å². The topological polar surface area (TPSA) is 87.3 Å². The summed E-state index contributed by atoms with van der Waals surface area (Å²) in [6.07, 6.45) is 0.591. The van der Waals surface area contributed by atoms with Crippen molar-refractivity contribution in [2.24, 2.45) is 0 Å². The van der Waals surface area contributed by atoms with Crippen molar-refractivity contribution in [3.05, 3.63) is 35.4 Å². The number of carbonyl (C=O) groups excluding carboxylic acids is 3. The third-order valence-corrected chi connectivity index (χ3v) is 3.65. The number of halogens is 2. The smallest absolute Gasteiger partial charge is 0.242 e. The molecule has 1 saturated heterocycles. The summed E-state index contributed by atoms with van der Waals surface area (Å²) < 4.78 is 26.2. The van der Waals surface area contributed by atoms with E-state index in [1.54, 1.807) is 0 Å². The van der Waals surface area contributed by atoms with Crippen molar-refractivity contribution >= 4 is 17.7 Å². The second-order valence-electron chi connectivity index (χ2n) is 5.79. The van der Waals surface area contributed by atoms with E-state index in [9.17, 15) is 23.2 Å². The van der Waals surface area contributed by atoms with E-state index in [4.69, 9.17) is 0 Å². The van der Waals surface area contributed by atoms with Crippen LogP contribution in [0.15, 0.2) is 18.2 Å². The Hall–Kier alpha value is -2.51. The molecule has 0 radical (unpaired) electrons. The minimum Gasteiger partial charge on any atom is -0.356 e. The Morgan fingerprint density at radius 2 is 1.96 bits per heavy atom. The summed E-state index contributed by atoms with van der Waals surface area (Å²) in [5.74, 6) is -2.59. The van der Waals surface area contributed by atoms with Gasteiger partial charge in [0, 0.05) is 25.1 Å². The lowest BCUT2D eigenvalue weighted by Crippen LogP contribution is -2.51. The van der Waals surface area contributed by atoms with E-state index < -0.39 is 29.5 Å². The molecule has 0 saturated carbocycles. The summed E-state index contributed by atoms with van der Waals surface area (Å²) in [5, 5.41) is 7.84. The Labute approximate surface area is 138 Å². The fourth-order valence-corrected chi connectivity index (χ4v) is 2.49. The fraction of sp³-hybridized carbons (Fsp3) is 0.438. The Bertz CT molecular complexity index is 631. The van der Waals surface area contributed by atoms with Gasteiger partial charge in [-0.05, 0) is 31.0 Å². The zero-order valence-corrected chi connectivity index (χ0v) is 13.2. The quantitative estimate of drug-likeness (QED) is 0.726. The first-order valence-corrected chi connectivity index (χ1v) is 7.65. The maximum atomic E-state index is 13.1. The summed E-state index contributed by atoms with van der Waals surface area (Å²) in [6, 6.07) is 1.77. The highest BCUT2D eigenvalue weighted by atomic mass is 19.1. The number of rotatable bonds is 5. The predicted molar refractivity (Wildman–Crippen MR) is 81.8 cm³/mol. The molecule has 0 bridgehead atoms. The fourth-order valence-electron chi connectivity index (χ4n) is 2.49. The molecule has 1 fully saturated rings. The maximum absolute atomic E-state index is 13.1. The number of amides is 3. The first kappa shape index (κ1) is 17.8. The van der Waals surface area contributed by atoms with E-state index in [1.807, 2.05) is 0 Å². The lowest BCUT2D eigenvalue weighted by atomic mass is 10.1. The normalized spacial score (nSPS) is 18.5. The van der Waals surface area contributed by atoms with Crippen LogP contribution in [0.1, 0.15) is 25.3 Å². The summed E-state index contributed by atoms with van der Waals surface area (Å²) in [7, 11) is 0. The van der Waals surface area contributed by atoms with Crippen LogP contribution in [0.3, 0.4) is 0 Å². The van der Waals surface area contributed by atoms with Crippen molar-refractivity contribution in [1.29, 1.82) is 0 Å². The van der Waals surface area contributed by atoms with Gasteiger partial charge in [-0.1, -0.05) is 0 Å². The van der Waals surface area contributed by atoms with Crippen LogP contribution in [0.4, 0.5) is 8.78 Å². The molecule has 24 heavy (non-hydrogen) atoms. The van der Waals surface area contributed by atoms with Gasteiger partial charge in [-0.2, -0.15) is 0 Å². The predicted octanol–water partition coefficient (Wildman–Crippen LogP) is 0.407. The molecular formula is C16H19F2N3O3. The molecule has 1 heterocycles. The molecule has 1 aliphatic rings. The average molecular weight is 339 g/mol. The van der Waals surface area contributed by atoms with Crippen molar-refractivity contribution in [2.75, 3.05) is 6.54 Å². The van der Waals surface area contributed by atoms with Crippen LogP contribution in [-0.4, -0.2) is 36.3 Å². The van der Waals surface area contributed by atoms with E-state index in [1.165, 1.54) is 6.92 Å². The van der Waals surface area contributed by atoms with Crippen molar-refractivity contribution in [3.63, 3.8) is 0 Å². The number of piperidine rings is 1. The van der Waals surface area contributed by atoms with Gasteiger partial charge >= 0.3 is 0 Å². The van der Waals surface area contributed by atoms with E-state index in [0.717, 1.165) is 18.2 Å². The van der Waals surface area contributed by atoms with Crippen LogP contribution < -0.4 is 16.0 Å². The summed E-state index contributed by atoms with van der Waals surface area (Å²) in [6.45, 7) is 2.00. The monoisotopic (exact) mass is 339 g/mol. The summed E-state index contributed by atoms with van der Waals surface area (Å²) in [5.41, 5.74) is 0.182. The van der Waals surface area contributed by atoms with Crippen LogP contribution in [-0.2, 0) is 20.8 Å². The van der Waals surface area contributed by atoms with Crippen LogP contribution in [0.2, 0.25) is 0 Å². The van der Waals surface area contributed by atoms with Gasteiger partial charge in [0.15, 0.2) is 0 Å². The largest absolute Gasteiger partial charge is 0.356 e. The number of carbonyl (C=O) groups is 3. The van der Waals surface area contributed by atoms with E-state index in [2.05, 4.69) is 16.0 Å². The second kappa shape index (κ2) is 7.85.